The van der Waals surface area contributed by atoms with E-state index in [2.05, 4.69) is 65.1 Å². The molecule has 0 atom stereocenters. The molecule has 19 heavy (non-hydrogen) atoms. The lowest BCUT2D eigenvalue weighted by atomic mass is 9.93. The highest BCUT2D eigenvalue weighted by atomic mass is 16.5. The van der Waals surface area contributed by atoms with E-state index in [1.165, 1.54) is 5.56 Å². The van der Waals surface area contributed by atoms with E-state index >= 15 is 0 Å². The second-order valence-corrected chi connectivity index (χ2v) is 7.41. The van der Waals surface area contributed by atoms with E-state index in [1.54, 1.807) is 0 Å². The number of benzene rings is 1. The molecule has 108 valence electrons. The predicted molar refractivity (Wildman–Crippen MR) is 82.6 cm³/mol. The molecule has 0 fully saturated rings. The molecule has 0 saturated heterocycles. The van der Waals surface area contributed by atoms with Crippen molar-refractivity contribution >= 4 is 0 Å². The smallest absolute Gasteiger partial charge is 0.119 e. The Morgan fingerprint density at radius 1 is 1.05 bits per heavy atom. The highest BCUT2D eigenvalue weighted by molar-refractivity contribution is 5.28. The van der Waals surface area contributed by atoms with Crippen LogP contribution in [0.25, 0.3) is 0 Å². The molecule has 1 aromatic rings. The van der Waals surface area contributed by atoms with Crippen molar-refractivity contribution in [3.8, 4) is 5.75 Å². The average molecular weight is 263 g/mol. The summed E-state index contributed by atoms with van der Waals surface area (Å²) in [5.74, 6) is 0.970. The molecule has 0 spiro atoms. The Labute approximate surface area is 118 Å². The van der Waals surface area contributed by atoms with Crippen LogP contribution in [0, 0.1) is 5.41 Å². The van der Waals surface area contributed by atoms with E-state index in [0.717, 1.165) is 25.3 Å². The molecule has 0 saturated carbocycles. The lowest BCUT2D eigenvalue weighted by molar-refractivity contribution is 0.243. The van der Waals surface area contributed by atoms with Crippen molar-refractivity contribution in [2.75, 3.05) is 6.61 Å². The molecule has 0 heterocycles. The monoisotopic (exact) mass is 263 g/mol. The van der Waals surface area contributed by atoms with Crippen molar-refractivity contribution in [2.45, 2.75) is 60.0 Å². The van der Waals surface area contributed by atoms with Gasteiger partial charge in [-0.2, -0.15) is 0 Å². The molecule has 0 bridgehead atoms. The molecule has 0 aliphatic heterocycles. The van der Waals surface area contributed by atoms with Gasteiger partial charge in [0.2, 0.25) is 0 Å². The van der Waals surface area contributed by atoms with Crippen molar-refractivity contribution in [3.63, 3.8) is 0 Å². The summed E-state index contributed by atoms with van der Waals surface area (Å²) in [6.45, 7) is 14.9. The van der Waals surface area contributed by atoms with Crippen LogP contribution < -0.4 is 10.1 Å². The van der Waals surface area contributed by atoms with Gasteiger partial charge in [-0.05, 0) is 50.3 Å². The van der Waals surface area contributed by atoms with Gasteiger partial charge in [0.15, 0.2) is 0 Å². The summed E-state index contributed by atoms with van der Waals surface area (Å²) in [5, 5.41) is 3.49. The molecule has 0 radical (unpaired) electrons. The minimum atomic E-state index is 0.142. The van der Waals surface area contributed by atoms with Crippen LogP contribution in [0.15, 0.2) is 24.3 Å². The topological polar surface area (TPSA) is 21.3 Å². The summed E-state index contributed by atoms with van der Waals surface area (Å²) in [6, 6.07) is 8.35. The maximum absolute atomic E-state index is 5.83. The van der Waals surface area contributed by atoms with Crippen LogP contribution in [-0.2, 0) is 6.54 Å². The zero-order valence-electron chi connectivity index (χ0n) is 13.3. The van der Waals surface area contributed by atoms with Crippen molar-refractivity contribution in [3.05, 3.63) is 29.8 Å². The minimum Gasteiger partial charge on any atom is -0.494 e. The third kappa shape index (κ3) is 7.89. The summed E-state index contributed by atoms with van der Waals surface area (Å²) in [5.41, 5.74) is 1.73. The Morgan fingerprint density at radius 2 is 1.74 bits per heavy atom. The lowest BCUT2D eigenvalue weighted by Gasteiger charge is -2.21. The summed E-state index contributed by atoms with van der Waals surface area (Å²) in [4.78, 5) is 0. The summed E-state index contributed by atoms with van der Waals surface area (Å²) in [6.07, 6.45) is 1.07. The number of nitrogens with one attached hydrogen (secondary N) is 1. The molecule has 0 unspecified atom stereocenters. The molecule has 1 aromatic carbocycles. The van der Waals surface area contributed by atoms with Crippen molar-refractivity contribution in [2.24, 2.45) is 5.41 Å². The van der Waals surface area contributed by atoms with Crippen LogP contribution in [0.4, 0.5) is 0 Å². The first-order valence-corrected chi connectivity index (χ1v) is 7.12. The van der Waals surface area contributed by atoms with Gasteiger partial charge >= 0.3 is 0 Å². The Kier molecular flexibility index (Phi) is 5.42. The largest absolute Gasteiger partial charge is 0.494 e. The first kappa shape index (κ1) is 16.0. The fraction of sp³-hybridized carbons (Fsp3) is 0.647. The zero-order valence-corrected chi connectivity index (χ0v) is 13.3. The third-order valence-electron chi connectivity index (χ3n) is 2.84. The van der Waals surface area contributed by atoms with Crippen molar-refractivity contribution in [1.82, 2.24) is 5.32 Å². The molecule has 2 nitrogen and oxygen atoms in total. The van der Waals surface area contributed by atoms with Gasteiger partial charge in [0.05, 0.1) is 6.61 Å². The van der Waals surface area contributed by atoms with Crippen LogP contribution in [0.3, 0.4) is 0 Å². The Balaban J connectivity index is 2.48. The zero-order chi connectivity index (χ0) is 14.5. The van der Waals surface area contributed by atoms with Crippen LogP contribution >= 0.6 is 0 Å². The fourth-order valence-electron chi connectivity index (χ4n) is 1.59. The van der Waals surface area contributed by atoms with E-state index < -0.39 is 0 Å². The van der Waals surface area contributed by atoms with Gasteiger partial charge in [0.25, 0.3) is 0 Å². The van der Waals surface area contributed by atoms with E-state index in [0.29, 0.717) is 5.41 Å². The van der Waals surface area contributed by atoms with Gasteiger partial charge in [-0.25, -0.2) is 0 Å². The van der Waals surface area contributed by atoms with Gasteiger partial charge < -0.3 is 10.1 Å². The maximum Gasteiger partial charge on any atom is 0.119 e. The molecule has 2 heteroatoms. The standard InChI is InChI=1S/C17H29NO/c1-16(2,3)10-11-19-15-9-7-8-14(12-15)13-18-17(4,5)6/h7-9,12,18H,10-11,13H2,1-6H3. The highest BCUT2D eigenvalue weighted by Gasteiger charge is 2.10. The molecule has 0 aromatic heterocycles. The Morgan fingerprint density at radius 3 is 2.32 bits per heavy atom. The van der Waals surface area contributed by atoms with E-state index in [4.69, 9.17) is 4.74 Å². The Hall–Kier alpha value is -1.02. The van der Waals surface area contributed by atoms with E-state index in [1.807, 2.05) is 6.07 Å². The van der Waals surface area contributed by atoms with Gasteiger partial charge in [-0.3, -0.25) is 0 Å². The van der Waals surface area contributed by atoms with Crippen LogP contribution in [0.2, 0.25) is 0 Å². The van der Waals surface area contributed by atoms with Crippen molar-refractivity contribution in [1.29, 1.82) is 0 Å². The maximum atomic E-state index is 5.83. The van der Waals surface area contributed by atoms with Crippen LogP contribution in [0.5, 0.6) is 5.75 Å². The van der Waals surface area contributed by atoms with Gasteiger partial charge in [-0.1, -0.05) is 32.9 Å². The number of rotatable bonds is 5. The first-order chi connectivity index (χ1) is 8.66. The first-order valence-electron chi connectivity index (χ1n) is 7.12. The molecule has 1 rings (SSSR count). The quantitative estimate of drug-likeness (QED) is 0.850. The molecule has 0 aliphatic rings. The second-order valence-electron chi connectivity index (χ2n) is 7.41. The Bertz CT molecular complexity index is 385. The normalized spacial score (nSPS) is 12.5. The molecule has 1 N–H and O–H groups in total. The number of hydrogen-bond acceptors (Lipinski definition) is 2. The fourth-order valence-corrected chi connectivity index (χ4v) is 1.59. The third-order valence-corrected chi connectivity index (χ3v) is 2.84. The molecular formula is C17H29NO. The van der Waals surface area contributed by atoms with Crippen molar-refractivity contribution < 1.29 is 4.74 Å². The van der Waals surface area contributed by atoms with Crippen LogP contribution in [0.1, 0.15) is 53.5 Å². The molecule has 0 amide bonds. The molecular weight excluding hydrogens is 234 g/mol. The van der Waals surface area contributed by atoms with E-state index in [9.17, 15) is 0 Å². The van der Waals surface area contributed by atoms with Gasteiger partial charge in [-0.15, -0.1) is 0 Å². The summed E-state index contributed by atoms with van der Waals surface area (Å²) in [7, 11) is 0. The summed E-state index contributed by atoms with van der Waals surface area (Å²) < 4.78 is 5.83. The predicted octanol–water partition coefficient (Wildman–Crippen LogP) is 4.39. The lowest BCUT2D eigenvalue weighted by Crippen LogP contribution is -2.35. The average Bonchev–Trinajstić information content (AvgIpc) is 2.24. The van der Waals surface area contributed by atoms with Gasteiger partial charge in [0.1, 0.15) is 5.75 Å². The number of hydrogen-bond donors (Lipinski definition) is 1. The SMILES string of the molecule is CC(C)(C)CCOc1cccc(CNC(C)(C)C)c1. The van der Waals surface area contributed by atoms with Gasteiger partial charge in [0, 0.05) is 12.1 Å². The van der Waals surface area contributed by atoms with Crippen LogP contribution in [-0.4, -0.2) is 12.1 Å². The van der Waals surface area contributed by atoms with E-state index in [-0.39, 0.29) is 5.54 Å². The summed E-state index contributed by atoms with van der Waals surface area (Å²) >= 11 is 0. The minimum absolute atomic E-state index is 0.142. The number of ether oxygens (including phenoxy) is 1. The molecule has 0 aliphatic carbocycles. The highest BCUT2D eigenvalue weighted by Crippen LogP contribution is 2.20. The second kappa shape index (κ2) is 6.42.